The number of aromatic nitrogens is 1. The van der Waals surface area contributed by atoms with Crippen molar-refractivity contribution in [1.29, 1.82) is 0 Å². The van der Waals surface area contributed by atoms with E-state index in [0.717, 1.165) is 55.6 Å². The summed E-state index contributed by atoms with van der Waals surface area (Å²) < 4.78 is 0. The Kier molecular flexibility index (Phi) is 3.48. The van der Waals surface area contributed by atoms with Gasteiger partial charge < -0.3 is 15.3 Å². The van der Waals surface area contributed by atoms with Gasteiger partial charge in [0.05, 0.1) is 18.2 Å². The molecular weight excluding hydrogens is 242 g/mol. The van der Waals surface area contributed by atoms with E-state index in [1.807, 2.05) is 6.20 Å². The van der Waals surface area contributed by atoms with E-state index in [1.54, 1.807) is 11.1 Å². The highest BCUT2D eigenvalue weighted by atomic mass is 16.3. The molecular formula is C14H19N3O2. The molecule has 2 aliphatic rings. The largest absolute Gasteiger partial charge is 0.394 e. The standard InChI is InChI=1S/C14H19N3O2/c18-9-11-2-1-5-17(11)14(19)13-8-16-7-10-6-15-4-3-12(10)13/h7-8,11,15,18H,1-6,9H2. The zero-order valence-corrected chi connectivity index (χ0v) is 10.9. The average Bonchev–Trinajstić information content (AvgIpc) is 2.94. The Bertz CT molecular complexity index is 490. The van der Waals surface area contributed by atoms with Crippen LogP contribution in [0.5, 0.6) is 0 Å². The van der Waals surface area contributed by atoms with Crippen LogP contribution in [-0.4, -0.2) is 46.6 Å². The monoisotopic (exact) mass is 261 g/mol. The van der Waals surface area contributed by atoms with Crippen molar-refractivity contribution >= 4 is 5.91 Å². The number of fused-ring (bicyclic) bond motifs is 1. The van der Waals surface area contributed by atoms with Crippen molar-refractivity contribution in [3.05, 3.63) is 29.1 Å². The number of carbonyl (C=O) groups excluding carboxylic acids is 1. The fraction of sp³-hybridized carbons (Fsp3) is 0.571. The summed E-state index contributed by atoms with van der Waals surface area (Å²) in [5.74, 6) is 0.0304. The van der Waals surface area contributed by atoms with Crippen LogP contribution in [-0.2, 0) is 13.0 Å². The minimum atomic E-state index is -0.0231. The maximum Gasteiger partial charge on any atom is 0.256 e. The molecule has 0 aromatic carbocycles. The zero-order valence-electron chi connectivity index (χ0n) is 10.9. The Morgan fingerprint density at radius 2 is 2.42 bits per heavy atom. The highest BCUT2D eigenvalue weighted by Gasteiger charge is 2.30. The maximum atomic E-state index is 12.6. The van der Waals surface area contributed by atoms with Crippen LogP contribution in [0, 0.1) is 0 Å². The highest BCUT2D eigenvalue weighted by Crippen LogP contribution is 2.23. The lowest BCUT2D eigenvalue weighted by Crippen LogP contribution is -2.39. The quantitative estimate of drug-likeness (QED) is 0.805. The molecule has 0 spiro atoms. The summed E-state index contributed by atoms with van der Waals surface area (Å²) >= 11 is 0. The van der Waals surface area contributed by atoms with Gasteiger partial charge in [0, 0.05) is 25.5 Å². The number of rotatable bonds is 2. The van der Waals surface area contributed by atoms with Crippen molar-refractivity contribution in [3.8, 4) is 0 Å². The third-order valence-corrected chi connectivity index (χ3v) is 4.09. The van der Waals surface area contributed by atoms with Gasteiger partial charge in [0.1, 0.15) is 0 Å². The molecule has 0 aliphatic carbocycles. The van der Waals surface area contributed by atoms with Gasteiger partial charge in [-0.15, -0.1) is 0 Å². The van der Waals surface area contributed by atoms with Gasteiger partial charge in [-0.2, -0.15) is 0 Å². The molecule has 1 atom stereocenters. The van der Waals surface area contributed by atoms with Crippen LogP contribution in [0.15, 0.2) is 12.4 Å². The zero-order chi connectivity index (χ0) is 13.2. The first kappa shape index (κ1) is 12.6. The first-order chi connectivity index (χ1) is 9.31. The van der Waals surface area contributed by atoms with Crippen molar-refractivity contribution < 1.29 is 9.90 Å². The number of carbonyl (C=O) groups is 1. The van der Waals surface area contributed by atoms with Gasteiger partial charge in [-0.3, -0.25) is 9.78 Å². The van der Waals surface area contributed by atoms with Gasteiger partial charge in [0.15, 0.2) is 0 Å². The van der Waals surface area contributed by atoms with Crippen LogP contribution in [0.4, 0.5) is 0 Å². The molecule has 1 unspecified atom stereocenters. The van der Waals surface area contributed by atoms with Crippen LogP contribution in [0.3, 0.4) is 0 Å². The Balaban J connectivity index is 1.91. The molecule has 3 heterocycles. The van der Waals surface area contributed by atoms with Crippen molar-refractivity contribution in [1.82, 2.24) is 15.2 Å². The lowest BCUT2D eigenvalue weighted by Gasteiger charge is -2.26. The Labute approximate surface area is 112 Å². The number of amides is 1. The third kappa shape index (κ3) is 2.24. The Hall–Kier alpha value is -1.46. The summed E-state index contributed by atoms with van der Waals surface area (Å²) in [7, 11) is 0. The number of pyridine rings is 1. The average molecular weight is 261 g/mol. The molecule has 1 fully saturated rings. The van der Waals surface area contributed by atoms with E-state index in [2.05, 4.69) is 10.3 Å². The molecule has 0 saturated carbocycles. The molecule has 5 nitrogen and oxygen atoms in total. The molecule has 2 N–H and O–H groups in total. The van der Waals surface area contributed by atoms with Gasteiger partial charge in [-0.05, 0) is 36.9 Å². The minimum Gasteiger partial charge on any atom is -0.394 e. The number of nitrogens with one attached hydrogen (secondary N) is 1. The number of aliphatic hydroxyl groups is 1. The molecule has 1 aromatic rings. The molecule has 3 rings (SSSR count). The topological polar surface area (TPSA) is 65.5 Å². The maximum absolute atomic E-state index is 12.6. The van der Waals surface area contributed by atoms with Crippen molar-refractivity contribution in [2.75, 3.05) is 19.7 Å². The first-order valence-corrected chi connectivity index (χ1v) is 6.89. The second-order valence-electron chi connectivity index (χ2n) is 5.23. The second-order valence-corrected chi connectivity index (χ2v) is 5.23. The number of likely N-dealkylation sites (tertiary alicyclic amines) is 1. The van der Waals surface area contributed by atoms with Gasteiger partial charge in [0.2, 0.25) is 0 Å². The lowest BCUT2D eigenvalue weighted by atomic mass is 9.97. The highest BCUT2D eigenvalue weighted by molar-refractivity contribution is 5.96. The van der Waals surface area contributed by atoms with E-state index in [0.29, 0.717) is 0 Å². The van der Waals surface area contributed by atoms with Crippen molar-refractivity contribution in [2.45, 2.75) is 31.8 Å². The Morgan fingerprint density at radius 3 is 3.26 bits per heavy atom. The van der Waals surface area contributed by atoms with Gasteiger partial charge in [-0.25, -0.2) is 0 Å². The van der Waals surface area contributed by atoms with Crippen LogP contribution in [0.1, 0.15) is 34.3 Å². The molecule has 19 heavy (non-hydrogen) atoms. The SMILES string of the molecule is O=C(c1cncc2c1CCNC2)N1CCCC1CO. The minimum absolute atomic E-state index is 0.0231. The number of hydrogen-bond acceptors (Lipinski definition) is 4. The van der Waals surface area contributed by atoms with Crippen LogP contribution < -0.4 is 5.32 Å². The van der Waals surface area contributed by atoms with E-state index in [-0.39, 0.29) is 18.6 Å². The third-order valence-electron chi connectivity index (χ3n) is 4.09. The fourth-order valence-electron chi connectivity index (χ4n) is 3.05. The second kappa shape index (κ2) is 5.27. The summed E-state index contributed by atoms with van der Waals surface area (Å²) in [6.45, 7) is 2.48. The molecule has 5 heteroatoms. The van der Waals surface area contributed by atoms with Crippen LogP contribution in [0.25, 0.3) is 0 Å². The first-order valence-electron chi connectivity index (χ1n) is 6.89. The fourth-order valence-corrected chi connectivity index (χ4v) is 3.05. The van der Waals surface area contributed by atoms with Gasteiger partial charge in [0.25, 0.3) is 5.91 Å². The molecule has 1 amide bonds. The summed E-state index contributed by atoms with van der Waals surface area (Å²) in [6, 6.07) is -0.0231. The van der Waals surface area contributed by atoms with Crippen molar-refractivity contribution in [3.63, 3.8) is 0 Å². The predicted molar refractivity (Wildman–Crippen MR) is 70.8 cm³/mol. The molecule has 1 saturated heterocycles. The molecule has 0 bridgehead atoms. The summed E-state index contributed by atoms with van der Waals surface area (Å²) in [5, 5.41) is 12.6. The van der Waals surface area contributed by atoms with E-state index in [9.17, 15) is 9.90 Å². The smallest absolute Gasteiger partial charge is 0.256 e. The predicted octanol–water partition coefficient (Wildman–Crippen LogP) is 0.324. The lowest BCUT2D eigenvalue weighted by molar-refractivity contribution is 0.0675. The summed E-state index contributed by atoms with van der Waals surface area (Å²) in [5.41, 5.74) is 2.97. The molecule has 1 aromatic heterocycles. The number of nitrogens with zero attached hydrogens (tertiary/aromatic N) is 2. The molecule has 2 aliphatic heterocycles. The normalized spacial score (nSPS) is 22.4. The van der Waals surface area contributed by atoms with E-state index < -0.39 is 0 Å². The van der Waals surface area contributed by atoms with E-state index in [1.165, 1.54) is 0 Å². The number of hydrogen-bond donors (Lipinski definition) is 2. The number of aliphatic hydroxyl groups excluding tert-OH is 1. The summed E-state index contributed by atoms with van der Waals surface area (Å²) in [6.07, 6.45) is 6.26. The van der Waals surface area contributed by atoms with E-state index in [4.69, 9.17) is 0 Å². The molecule has 102 valence electrons. The Morgan fingerprint density at radius 1 is 1.53 bits per heavy atom. The van der Waals surface area contributed by atoms with Gasteiger partial charge >= 0.3 is 0 Å². The van der Waals surface area contributed by atoms with Crippen molar-refractivity contribution in [2.24, 2.45) is 0 Å². The molecule has 0 radical (unpaired) electrons. The van der Waals surface area contributed by atoms with E-state index >= 15 is 0 Å². The van der Waals surface area contributed by atoms with Crippen LogP contribution in [0.2, 0.25) is 0 Å². The van der Waals surface area contributed by atoms with Gasteiger partial charge in [-0.1, -0.05) is 0 Å². The summed E-state index contributed by atoms with van der Waals surface area (Å²) in [4.78, 5) is 18.6. The van der Waals surface area contributed by atoms with Crippen LogP contribution >= 0.6 is 0 Å².